The van der Waals surface area contributed by atoms with E-state index in [4.69, 9.17) is 9.15 Å². The number of aromatic nitrogens is 2. The van der Waals surface area contributed by atoms with Crippen LogP contribution in [0.4, 0.5) is 0 Å². The second-order valence-electron chi connectivity index (χ2n) is 3.74. The number of rotatable bonds is 4. The molecule has 4 nitrogen and oxygen atoms in total. The normalized spacial score (nSPS) is 10.8. The summed E-state index contributed by atoms with van der Waals surface area (Å²) in [5.74, 6) is 1.22. The van der Waals surface area contributed by atoms with Crippen LogP contribution < -0.4 is 4.74 Å². The predicted octanol–water partition coefficient (Wildman–Crippen LogP) is 3.25. The number of para-hydroxylation sites is 1. The van der Waals surface area contributed by atoms with Gasteiger partial charge in [-0.25, -0.2) is 0 Å². The van der Waals surface area contributed by atoms with Gasteiger partial charge in [0.1, 0.15) is 5.75 Å². The zero-order valence-corrected chi connectivity index (χ0v) is 10.8. The average Bonchev–Trinajstić information content (AvgIpc) is 2.76. The third kappa shape index (κ3) is 2.79. The van der Waals surface area contributed by atoms with E-state index in [1.54, 1.807) is 18.9 Å². The molecule has 1 aromatic carbocycles. The number of hydrogen-bond acceptors (Lipinski definition) is 5. The van der Waals surface area contributed by atoms with Crippen LogP contribution in [0.25, 0.3) is 11.5 Å². The highest BCUT2D eigenvalue weighted by atomic mass is 32.2. The van der Waals surface area contributed by atoms with Gasteiger partial charge in [0.2, 0.25) is 0 Å². The summed E-state index contributed by atoms with van der Waals surface area (Å²) in [5, 5.41) is 9.03. The van der Waals surface area contributed by atoms with Gasteiger partial charge in [0.05, 0.1) is 12.7 Å². The first kappa shape index (κ1) is 12.0. The fraction of sp³-hybridized carbons (Fsp3) is 0.333. The van der Waals surface area contributed by atoms with Crippen molar-refractivity contribution in [2.24, 2.45) is 0 Å². The molecule has 90 valence electrons. The lowest BCUT2D eigenvalue weighted by Gasteiger charge is -2.03. The maximum absolute atomic E-state index is 5.58. The van der Waals surface area contributed by atoms with Crippen LogP contribution in [0, 0.1) is 0 Å². The highest BCUT2D eigenvalue weighted by molar-refractivity contribution is 7.99. The Bertz CT molecular complexity index is 497. The van der Waals surface area contributed by atoms with Gasteiger partial charge in [0.15, 0.2) is 0 Å². The van der Waals surface area contributed by atoms with Crippen molar-refractivity contribution in [1.29, 1.82) is 0 Å². The van der Waals surface area contributed by atoms with Gasteiger partial charge >= 0.3 is 0 Å². The largest absolute Gasteiger partial charge is 0.496 e. The van der Waals surface area contributed by atoms with Crippen molar-refractivity contribution in [2.75, 3.05) is 7.11 Å². The molecule has 2 aromatic rings. The van der Waals surface area contributed by atoms with Crippen molar-refractivity contribution in [1.82, 2.24) is 10.2 Å². The van der Waals surface area contributed by atoms with E-state index in [1.165, 1.54) is 0 Å². The summed E-state index contributed by atoms with van der Waals surface area (Å²) in [5.41, 5.74) is 0.818. The van der Waals surface area contributed by atoms with Crippen LogP contribution >= 0.6 is 11.8 Å². The van der Waals surface area contributed by atoms with Gasteiger partial charge in [-0.2, -0.15) is 0 Å². The van der Waals surface area contributed by atoms with Crippen LogP contribution in [-0.4, -0.2) is 22.6 Å². The number of thioether (sulfide) groups is 1. The Morgan fingerprint density at radius 2 is 2.00 bits per heavy atom. The molecular formula is C12H14N2O2S. The van der Waals surface area contributed by atoms with Crippen molar-refractivity contribution in [2.45, 2.75) is 24.3 Å². The SMILES string of the molecule is COc1ccccc1-c1nnc(SC(C)C)o1. The molecule has 0 bridgehead atoms. The van der Waals surface area contributed by atoms with E-state index in [-0.39, 0.29) is 0 Å². The molecule has 0 spiro atoms. The third-order valence-electron chi connectivity index (χ3n) is 2.08. The van der Waals surface area contributed by atoms with Crippen LogP contribution in [0.5, 0.6) is 5.75 Å². The molecule has 0 aliphatic rings. The fourth-order valence-electron chi connectivity index (χ4n) is 1.39. The van der Waals surface area contributed by atoms with Gasteiger partial charge in [-0.05, 0) is 12.1 Å². The Morgan fingerprint density at radius 1 is 1.24 bits per heavy atom. The first-order chi connectivity index (χ1) is 8.20. The molecule has 0 saturated heterocycles. The first-order valence-corrected chi connectivity index (χ1v) is 6.22. The number of ether oxygens (including phenoxy) is 1. The number of hydrogen-bond donors (Lipinski definition) is 0. The molecule has 1 aromatic heterocycles. The minimum Gasteiger partial charge on any atom is -0.496 e. The molecule has 0 aliphatic carbocycles. The predicted molar refractivity (Wildman–Crippen MR) is 67.3 cm³/mol. The quantitative estimate of drug-likeness (QED) is 0.779. The lowest BCUT2D eigenvalue weighted by Crippen LogP contribution is -1.87. The number of benzene rings is 1. The summed E-state index contributed by atoms with van der Waals surface area (Å²) in [7, 11) is 1.62. The Kier molecular flexibility index (Phi) is 3.68. The molecule has 0 radical (unpaired) electrons. The molecule has 17 heavy (non-hydrogen) atoms. The summed E-state index contributed by atoms with van der Waals surface area (Å²) in [6.45, 7) is 4.16. The first-order valence-electron chi connectivity index (χ1n) is 5.34. The molecule has 0 amide bonds. The highest BCUT2D eigenvalue weighted by Gasteiger charge is 2.13. The van der Waals surface area contributed by atoms with E-state index < -0.39 is 0 Å². The summed E-state index contributed by atoms with van der Waals surface area (Å²) >= 11 is 1.55. The Morgan fingerprint density at radius 3 is 2.71 bits per heavy atom. The van der Waals surface area contributed by atoms with Crippen molar-refractivity contribution < 1.29 is 9.15 Å². The Hall–Kier alpha value is -1.49. The molecule has 5 heteroatoms. The fourth-order valence-corrected chi connectivity index (χ4v) is 2.01. The Labute approximate surface area is 104 Å². The van der Waals surface area contributed by atoms with Crippen LogP contribution in [0.15, 0.2) is 33.9 Å². The number of nitrogens with zero attached hydrogens (tertiary/aromatic N) is 2. The van der Waals surface area contributed by atoms with E-state index in [0.717, 1.165) is 11.3 Å². The second-order valence-corrected chi connectivity index (χ2v) is 5.27. The van der Waals surface area contributed by atoms with Crippen LogP contribution in [0.1, 0.15) is 13.8 Å². The minimum atomic E-state index is 0.418. The molecular weight excluding hydrogens is 236 g/mol. The van der Waals surface area contributed by atoms with Crippen molar-refractivity contribution in [3.8, 4) is 17.2 Å². The summed E-state index contributed by atoms with van der Waals surface area (Å²) in [4.78, 5) is 0. The van der Waals surface area contributed by atoms with Gasteiger partial charge in [-0.1, -0.05) is 37.7 Å². The van der Waals surface area contributed by atoms with E-state index >= 15 is 0 Å². The van der Waals surface area contributed by atoms with Gasteiger partial charge in [-0.3, -0.25) is 0 Å². The van der Waals surface area contributed by atoms with E-state index in [9.17, 15) is 0 Å². The summed E-state index contributed by atoms with van der Waals surface area (Å²) in [6, 6.07) is 7.59. The standard InChI is InChI=1S/C12H14N2O2S/c1-8(2)17-12-14-13-11(16-12)9-6-4-5-7-10(9)15-3/h4-8H,1-3H3. The van der Waals surface area contributed by atoms with Crippen LogP contribution in [-0.2, 0) is 0 Å². The monoisotopic (exact) mass is 250 g/mol. The average molecular weight is 250 g/mol. The van der Waals surface area contributed by atoms with E-state index in [0.29, 0.717) is 16.4 Å². The van der Waals surface area contributed by atoms with Crippen LogP contribution in [0.3, 0.4) is 0 Å². The van der Waals surface area contributed by atoms with Gasteiger partial charge in [0, 0.05) is 5.25 Å². The summed E-state index contributed by atoms with van der Waals surface area (Å²) < 4.78 is 10.8. The smallest absolute Gasteiger partial charge is 0.277 e. The maximum Gasteiger partial charge on any atom is 0.277 e. The molecule has 0 atom stereocenters. The second kappa shape index (κ2) is 5.23. The maximum atomic E-state index is 5.58. The van der Waals surface area contributed by atoms with Crippen molar-refractivity contribution >= 4 is 11.8 Å². The van der Waals surface area contributed by atoms with Gasteiger partial charge in [-0.15, -0.1) is 10.2 Å². The van der Waals surface area contributed by atoms with Crippen molar-refractivity contribution in [3.05, 3.63) is 24.3 Å². The third-order valence-corrected chi connectivity index (χ3v) is 2.92. The van der Waals surface area contributed by atoms with Crippen LogP contribution in [0.2, 0.25) is 0 Å². The van der Waals surface area contributed by atoms with E-state index in [2.05, 4.69) is 24.0 Å². The van der Waals surface area contributed by atoms with Gasteiger partial charge in [0.25, 0.3) is 11.1 Å². The lowest BCUT2D eigenvalue weighted by atomic mass is 10.2. The highest BCUT2D eigenvalue weighted by Crippen LogP contribution is 2.31. The topological polar surface area (TPSA) is 48.2 Å². The minimum absolute atomic E-state index is 0.418. The molecule has 0 N–H and O–H groups in total. The zero-order chi connectivity index (χ0) is 12.3. The molecule has 0 unspecified atom stereocenters. The summed E-state index contributed by atoms with van der Waals surface area (Å²) in [6.07, 6.45) is 0. The molecule has 0 aliphatic heterocycles. The molecule has 1 heterocycles. The van der Waals surface area contributed by atoms with Crippen molar-refractivity contribution in [3.63, 3.8) is 0 Å². The van der Waals surface area contributed by atoms with Gasteiger partial charge < -0.3 is 9.15 Å². The molecule has 0 saturated carbocycles. The number of methoxy groups -OCH3 is 1. The Balaban J connectivity index is 2.30. The molecule has 0 fully saturated rings. The lowest BCUT2D eigenvalue weighted by molar-refractivity contribution is 0.411. The van der Waals surface area contributed by atoms with E-state index in [1.807, 2.05) is 24.3 Å². The molecule has 2 rings (SSSR count). The zero-order valence-electron chi connectivity index (χ0n) is 10.0.